The number of carbonyl (C=O) groups is 1. The number of amides is 1. The number of aromatic nitrogens is 3. The van der Waals surface area contributed by atoms with Crippen LogP contribution in [-0.2, 0) is 4.79 Å². The first-order valence-corrected chi connectivity index (χ1v) is 10.1. The fourth-order valence-corrected chi connectivity index (χ4v) is 3.66. The maximum atomic E-state index is 12.6. The van der Waals surface area contributed by atoms with E-state index in [9.17, 15) is 4.79 Å². The van der Waals surface area contributed by atoms with Gasteiger partial charge in [-0.1, -0.05) is 6.07 Å². The number of hydrogen-bond donors (Lipinski definition) is 1. The molecule has 1 saturated heterocycles. The summed E-state index contributed by atoms with van der Waals surface area (Å²) in [7, 11) is 0. The third kappa shape index (κ3) is 4.22. The molecule has 144 valence electrons. The first kappa shape index (κ1) is 18.6. The molecule has 0 aromatic carbocycles. The Hall–Kier alpha value is -2.74. The van der Waals surface area contributed by atoms with Crippen LogP contribution in [0.4, 0.5) is 11.5 Å². The van der Waals surface area contributed by atoms with E-state index in [2.05, 4.69) is 41.1 Å². The molecular weight excluding hydrogens is 420 g/mol. The van der Waals surface area contributed by atoms with Gasteiger partial charge in [-0.25, -0.2) is 4.98 Å². The van der Waals surface area contributed by atoms with Gasteiger partial charge in [0.05, 0.1) is 11.2 Å². The zero-order chi connectivity index (χ0) is 19.3. The molecule has 1 N–H and O–H groups in total. The Labute approximate surface area is 171 Å². The van der Waals surface area contributed by atoms with Crippen LogP contribution in [0.3, 0.4) is 0 Å². The Morgan fingerprint density at radius 3 is 2.71 bits per heavy atom. The second-order valence-corrected chi connectivity index (χ2v) is 7.53. The van der Waals surface area contributed by atoms with Crippen molar-refractivity contribution < 1.29 is 4.79 Å². The van der Waals surface area contributed by atoms with E-state index in [0.717, 1.165) is 53.2 Å². The number of nitrogens with one attached hydrogen (secondary N) is 1. The fraction of sp³-hybridized carbons (Fsp3) is 0.300. The second-order valence-electron chi connectivity index (χ2n) is 6.61. The predicted molar refractivity (Wildman–Crippen MR) is 113 cm³/mol. The lowest BCUT2D eigenvalue weighted by molar-refractivity contribution is -0.131. The monoisotopic (exact) mass is 440 g/mol. The molecule has 8 heteroatoms. The molecule has 4 heterocycles. The Morgan fingerprint density at radius 1 is 1.07 bits per heavy atom. The van der Waals surface area contributed by atoms with Gasteiger partial charge in [-0.15, -0.1) is 0 Å². The van der Waals surface area contributed by atoms with Gasteiger partial charge in [0.2, 0.25) is 5.91 Å². The van der Waals surface area contributed by atoms with Crippen LogP contribution in [0.25, 0.3) is 11.0 Å². The first-order chi connectivity index (χ1) is 13.7. The molecule has 0 atom stereocenters. The van der Waals surface area contributed by atoms with Crippen molar-refractivity contribution in [1.82, 2.24) is 19.9 Å². The van der Waals surface area contributed by atoms with Crippen LogP contribution in [0, 0.1) is 0 Å². The molecule has 0 spiro atoms. The number of hydrogen-bond acceptors (Lipinski definition) is 6. The van der Waals surface area contributed by atoms with Gasteiger partial charge in [-0.05, 0) is 40.2 Å². The third-order valence-electron chi connectivity index (χ3n) is 4.80. The minimum atomic E-state index is 0.169. The lowest BCUT2D eigenvalue weighted by atomic mass is 10.2. The average Bonchev–Trinajstić information content (AvgIpc) is 2.74. The molecule has 0 unspecified atom stereocenters. The van der Waals surface area contributed by atoms with Crippen molar-refractivity contribution in [2.24, 2.45) is 0 Å². The number of halogens is 1. The van der Waals surface area contributed by atoms with Gasteiger partial charge in [-0.2, -0.15) is 0 Å². The van der Waals surface area contributed by atoms with Crippen molar-refractivity contribution in [2.75, 3.05) is 42.9 Å². The second kappa shape index (κ2) is 8.52. The SMILES string of the molecule is O=C(CCNc1ccnc2cc(Br)cnc12)N1CCN(c2ccccn2)CC1. The highest BCUT2D eigenvalue weighted by molar-refractivity contribution is 9.10. The van der Waals surface area contributed by atoms with E-state index >= 15 is 0 Å². The van der Waals surface area contributed by atoms with E-state index < -0.39 is 0 Å². The first-order valence-electron chi connectivity index (χ1n) is 9.28. The number of fused-ring (bicyclic) bond motifs is 1. The summed E-state index contributed by atoms with van der Waals surface area (Å²) < 4.78 is 0.893. The van der Waals surface area contributed by atoms with Gasteiger partial charge in [0.1, 0.15) is 11.3 Å². The molecule has 1 aliphatic heterocycles. The summed E-state index contributed by atoms with van der Waals surface area (Å²) in [6.07, 6.45) is 5.75. The summed E-state index contributed by atoms with van der Waals surface area (Å²) in [6.45, 7) is 3.64. The molecule has 0 saturated carbocycles. The molecule has 4 rings (SSSR count). The van der Waals surface area contributed by atoms with Crippen LogP contribution >= 0.6 is 15.9 Å². The molecular formula is C20H21BrN6O. The summed E-state index contributed by atoms with van der Waals surface area (Å²) in [4.78, 5) is 29.9. The number of rotatable bonds is 5. The van der Waals surface area contributed by atoms with E-state index in [1.54, 1.807) is 18.6 Å². The Kier molecular flexibility index (Phi) is 5.66. The van der Waals surface area contributed by atoms with Crippen molar-refractivity contribution in [1.29, 1.82) is 0 Å². The zero-order valence-electron chi connectivity index (χ0n) is 15.4. The summed E-state index contributed by atoms with van der Waals surface area (Å²) in [6, 6.07) is 9.73. The maximum absolute atomic E-state index is 12.6. The summed E-state index contributed by atoms with van der Waals surface area (Å²) >= 11 is 3.41. The topological polar surface area (TPSA) is 74.2 Å². The number of piperazine rings is 1. The van der Waals surface area contributed by atoms with E-state index in [0.29, 0.717) is 13.0 Å². The highest BCUT2D eigenvalue weighted by atomic mass is 79.9. The Morgan fingerprint density at radius 2 is 1.93 bits per heavy atom. The average molecular weight is 441 g/mol. The van der Waals surface area contributed by atoms with E-state index in [1.807, 2.05) is 35.2 Å². The molecule has 3 aromatic heterocycles. The van der Waals surface area contributed by atoms with E-state index in [-0.39, 0.29) is 5.91 Å². The normalized spacial score (nSPS) is 14.3. The van der Waals surface area contributed by atoms with Crippen LogP contribution in [0.15, 0.2) is 53.4 Å². The van der Waals surface area contributed by atoms with Gasteiger partial charge in [0.25, 0.3) is 0 Å². The van der Waals surface area contributed by atoms with Crippen LogP contribution < -0.4 is 10.2 Å². The van der Waals surface area contributed by atoms with Crippen molar-refractivity contribution >= 4 is 44.4 Å². The van der Waals surface area contributed by atoms with Crippen LogP contribution in [0.2, 0.25) is 0 Å². The molecule has 1 aliphatic rings. The number of pyridine rings is 3. The van der Waals surface area contributed by atoms with Gasteiger partial charge in [0.15, 0.2) is 0 Å². The molecule has 28 heavy (non-hydrogen) atoms. The third-order valence-corrected chi connectivity index (χ3v) is 5.24. The zero-order valence-corrected chi connectivity index (χ0v) is 17.0. The highest BCUT2D eigenvalue weighted by Crippen LogP contribution is 2.22. The van der Waals surface area contributed by atoms with E-state index in [4.69, 9.17) is 0 Å². The van der Waals surface area contributed by atoms with Crippen molar-refractivity contribution in [3.8, 4) is 0 Å². The summed E-state index contributed by atoms with van der Waals surface area (Å²) in [5.74, 6) is 1.14. The lowest BCUT2D eigenvalue weighted by Crippen LogP contribution is -2.49. The highest BCUT2D eigenvalue weighted by Gasteiger charge is 2.21. The number of anilines is 2. The molecule has 0 bridgehead atoms. The molecule has 1 fully saturated rings. The van der Waals surface area contributed by atoms with Gasteiger partial charge in [-0.3, -0.25) is 14.8 Å². The summed E-state index contributed by atoms with van der Waals surface area (Å²) in [5.41, 5.74) is 2.52. The molecule has 0 radical (unpaired) electrons. The van der Waals surface area contributed by atoms with Crippen LogP contribution in [0.1, 0.15) is 6.42 Å². The van der Waals surface area contributed by atoms with Gasteiger partial charge in [0, 0.05) is 62.2 Å². The molecule has 1 amide bonds. The minimum Gasteiger partial charge on any atom is -0.383 e. The Balaban J connectivity index is 1.29. The quantitative estimate of drug-likeness (QED) is 0.657. The van der Waals surface area contributed by atoms with Crippen molar-refractivity contribution in [3.63, 3.8) is 0 Å². The molecule has 7 nitrogen and oxygen atoms in total. The van der Waals surface area contributed by atoms with Crippen LogP contribution in [-0.4, -0.2) is 58.5 Å². The number of nitrogens with zero attached hydrogens (tertiary/aromatic N) is 5. The fourth-order valence-electron chi connectivity index (χ4n) is 3.34. The molecule has 0 aliphatic carbocycles. The number of carbonyl (C=O) groups excluding carboxylic acids is 1. The Bertz CT molecular complexity index is 959. The smallest absolute Gasteiger partial charge is 0.224 e. The standard InChI is InChI=1S/C20H21BrN6O/c21-15-13-17-20(25-14-15)16(4-7-23-17)22-8-5-19(28)27-11-9-26(10-12-27)18-3-1-2-6-24-18/h1-4,6-7,13-14H,5,8-12H2,(H,22,23). The van der Waals surface area contributed by atoms with Gasteiger partial charge >= 0.3 is 0 Å². The predicted octanol–water partition coefficient (Wildman–Crippen LogP) is 2.94. The van der Waals surface area contributed by atoms with Crippen molar-refractivity contribution in [3.05, 3.63) is 53.4 Å². The minimum absolute atomic E-state index is 0.169. The summed E-state index contributed by atoms with van der Waals surface area (Å²) in [5, 5.41) is 3.33. The van der Waals surface area contributed by atoms with Crippen molar-refractivity contribution in [2.45, 2.75) is 6.42 Å². The maximum Gasteiger partial charge on any atom is 0.224 e. The molecule has 3 aromatic rings. The largest absolute Gasteiger partial charge is 0.383 e. The van der Waals surface area contributed by atoms with E-state index in [1.165, 1.54) is 0 Å². The van der Waals surface area contributed by atoms with Crippen LogP contribution in [0.5, 0.6) is 0 Å². The van der Waals surface area contributed by atoms with Gasteiger partial charge < -0.3 is 15.1 Å². The lowest BCUT2D eigenvalue weighted by Gasteiger charge is -2.35.